The first kappa shape index (κ1) is 25.7. The molecule has 1 atom stereocenters. The molecule has 0 spiro atoms. The van der Waals surface area contributed by atoms with Gasteiger partial charge in [0.1, 0.15) is 0 Å². The zero-order valence-electron chi connectivity index (χ0n) is 18.5. The number of aliphatic hydroxyl groups excluding tert-OH is 1. The maximum atomic E-state index is 10.0. The molecule has 1 N–H and O–H groups in total. The van der Waals surface area contributed by atoms with E-state index in [0.29, 0.717) is 5.92 Å². The molecule has 1 heterocycles. The fourth-order valence-corrected chi connectivity index (χ4v) is 3.26. The first-order valence-corrected chi connectivity index (χ1v) is 9.98. The van der Waals surface area contributed by atoms with Crippen LogP contribution in [-0.2, 0) is 24.9 Å². The quantitative estimate of drug-likeness (QED) is 0.208. The summed E-state index contributed by atoms with van der Waals surface area (Å²) in [4.78, 5) is 14.7. The summed E-state index contributed by atoms with van der Waals surface area (Å²) in [5.74, 6) is 0.508. The van der Waals surface area contributed by atoms with Crippen LogP contribution in [0.15, 0.2) is 54.4 Å². The van der Waals surface area contributed by atoms with Gasteiger partial charge in [-0.2, -0.15) is 0 Å². The molecule has 3 nitrogen and oxygen atoms in total. The number of nitrogens with zero attached hydrogens (tertiary/aromatic N) is 1. The van der Waals surface area contributed by atoms with E-state index in [2.05, 4.69) is 75.1 Å². The molecular formula is C26H30IrNO2-. The third-order valence-corrected chi connectivity index (χ3v) is 4.79. The Morgan fingerprint density at radius 1 is 1.17 bits per heavy atom. The van der Waals surface area contributed by atoms with E-state index in [1.54, 1.807) is 0 Å². The third kappa shape index (κ3) is 7.19. The first-order chi connectivity index (χ1) is 13.7. The maximum absolute atomic E-state index is 10.0. The normalized spacial score (nSPS) is 11.9. The van der Waals surface area contributed by atoms with Crippen molar-refractivity contribution in [1.82, 2.24) is 4.98 Å². The third-order valence-electron chi connectivity index (χ3n) is 4.79. The van der Waals surface area contributed by atoms with Crippen molar-refractivity contribution in [2.75, 3.05) is 0 Å². The number of aliphatic hydroxyl groups is 1. The molecule has 0 amide bonds. The summed E-state index contributed by atoms with van der Waals surface area (Å²) in [5.41, 5.74) is 5.92. The molecule has 1 unspecified atom stereocenters. The molecule has 161 valence electrons. The minimum Gasteiger partial charge on any atom is -0.512 e. The standard InChI is InChI=1S/C21H22N.C5H8O2.Ir/c1-5-16(4)18-7-6-17-8-9-22-21(20(17)13-18)19-11-14(2)10-15(3)12-19;1-4(6)3-5(2)7;/h6-11,13,16H,5H2,1-4H3;3,6H,1-2H3;/q-1;;. The molecule has 0 fully saturated rings. The summed E-state index contributed by atoms with van der Waals surface area (Å²) in [6.07, 6.45) is 4.21. The number of rotatable bonds is 4. The van der Waals surface area contributed by atoms with Gasteiger partial charge in [-0.25, -0.2) is 0 Å². The molecule has 2 aromatic carbocycles. The zero-order chi connectivity index (χ0) is 21.6. The van der Waals surface area contributed by atoms with Crippen LogP contribution in [0.25, 0.3) is 22.0 Å². The number of allylic oxidation sites excluding steroid dienone is 2. The van der Waals surface area contributed by atoms with Crippen molar-refractivity contribution >= 4 is 16.6 Å². The molecule has 4 heteroatoms. The fraction of sp³-hybridized carbons (Fsp3) is 0.308. The van der Waals surface area contributed by atoms with E-state index in [0.717, 1.165) is 23.2 Å². The van der Waals surface area contributed by atoms with Crippen LogP contribution in [-0.4, -0.2) is 15.9 Å². The average Bonchev–Trinajstić information content (AvgIpc) is 2.65. The molecule has 30 heavy (non-hydrogen) atoms. The Kier molecular flexibility index (Phi) is 10.1. The second-order valence-electron chi connectivity index (χ2n) is 7.60. The van der Waals surface area contributed by atoms with Gasteiger partial charge in [-0.3, -0.25) is 4.79 Å². The Bertz CT molecular complexity index is 1020. The van der Waals surface area contributed by atoms with E-state index >= 15 is 0 Å². The molecule has 1 aromatic heterocycles. The molecule has 1 radical (unpaired) electrons. The van der Waals surface area contributed by atoms with E-state index in [9.17, 15) is 4.79 Å². The number of aryl methyl sites for hydroxylation is 2. The molecule has 0 saturated heterocycles. The van der Waals surface area contributed by atoms with E-state index in [1.165, 1.54) is 41.8 Å². The Balaban J connectivity index is 0.000000489. The Morgan fingerprint density at radius 3 is 2.40 bits per heavy atom. The fourth-order valence-electron chi connectivity index (χ4n) is 3.26. The summed E-state index contributed by atoms with van der Waals surface area (Å²) in [6, 6.07) is 16.6. The van der Waals surface area contributed by atoms with Crippen LogP contribution in [0.5, 0.6) is 0 Å². The second-order valence-corrected chi connectivity index (χ2v) is 7.60. The van der Waals surface area contributed by atoms with E-state index in [1.807, 2.05) is 6.20 Å². The summed E-state index contributed by atoms with van der Waals surface area (Å²) in [7, 11) is 0. The minimum atomic E-state index is -0.125. The predicted molar refractivity (Wildman–Crippen MR) is 121 cm³/mol. The van der Waals surface area contributed by atoms with Gasteiger partial charge in [0.05, 0.1) is 5.76 Å². The van der Waals surface area contributed by atoms with Crippen molar-refractivity contribution in [3.63, 3.8) is 0 Å². The molecule has 3 rings (SSSR count). The van der Waals surface area contributed by atoms with Crippen LogP contribution in [0, 0.1) is 19.9 Å². The largest absolute Gasteiger partial charge is 0.512 e. The summed E-state index contributed by atoms with van der Waals surface area (Å²) >= 11 is 0. The zero-order valence-corrected chi connectivity index (χ0v) is 20.9. The van der Waals surface area contributed by atoms with Gasteiger partial charge in [0.15, 0.2) is 5.78 Å². The number of aromatic nitrogens is 1. The average molecular weight is 581 g/mol. The molecule has 0 aliphatic carbocycles. The minimum absolute atomic E-state index is 0. The number of hydrogen-bond acceptors (Lipinski definition) is 3. The van der Waals surface area contributed by atoms with Crippen molar-refractivity contribution in [2.24, 2.45) is 0 Å². The summed E-state index contributed by atoms with van der Waals surface area (Å²) in [5, 5.41) is 10.8. The molecular weight excluding hydrogens is 551 g/mol. The van der Waals surface area contributed by atoms with Crippen molar-refractivity contribution in [3.05, 3.63) is 77.2 Å². The smallest absolute Gasteiger partial charge is 0.155 e. The summed E-state index contributed by atoms with van der Waals surface area (Å²) < 4.78 is 0. The monoisotopic (exact) mass is 581 g/mol. The van der Waals surface area contributed by atoms with Gasteiger partial charge in [-0.05, 0) is 54.3 Å². The van der Waals surface area contributed by atoms with Gasteiger partial charge in [-0.15, -0.1) is 34.9 Å². The van der Waals surface area contributed by atoms with Crippen LogP contribution in [0.2, 0.25) is 0 Å². The number of pyridine rings is 1. The van der Waals surface area contributed by atoms with Gasteiger partial charge >= 0.3 is 0 Å². The Labute approximate surface area is 193 Å². The van der Waals surface area contributed by atoms with Crippen molar-refractivity contribution in [2.45, 2.75) is 53.9 Å². The molecule has 0 aliphatic heterocycles. The summed E-state index contributed by atoms with van der Waals surface area (Å²) in [6.45, 7) is 11.6. The van der Waals surface area contributed by atoms with Gasteiger partial charge in [0.2, 0.25) is 0 Å². The number of benzene rings is 2. The Hall–Kier alpha value is -2.29. The van der Waals surface area contributed by atoms with Crippen LogP contribution in [0.4, 0.5) is 0 Å². The molecule has 3 aromatic rings. The van der Waals surface area contributed by atoms with Crippen LogP contribution < -0.4 is 0 Å². The van der Waals surface area contributed by atoms with Crippen molar-refractivity contribution in [3.8, 4) is 11.3 Å². The number of carbonyl (C=O) groups is 1. The number of hydrogen-bond donors (Lipinski definition) is 1. The van der Waals surface area contributed by atoms with Crippen LogP contribution in [0.3, 0.4) is 0 Å². The second kappa shape index (κ2) is 11.8. The van der Waals surface area contributed by atoms with Crippen LogP contribution >= 0.6 is 0 Å². The van der Waals surface area contributed by atoms with Crippen LogP contribution in [0.1, 0.15) is 56.7 Å². The van der Waals surface area contributed by atoms with E-state index < -0.39 is 0 Å². The van der Waals surface area contributed by atoms with Crippen molar-refractivity contribution in [1.29, 1.82) is 0 Å². The van der Waals surface area contributed by atoms with Gasteiger partial charge in [0, 0.05) is 32.4 Å². The SMILES string of the molecule is CC(=O)C=C(C)O.CCC(C)c1ccc2ccnc(-c3[c-]c(C)cc(C)c3)c2c1.[Ir]. The molecule has 0 saturated carbocycles. The van der Waals surface area contributed by atoms with E-state index in [4.69, 9.17) is 5.11 Å². The Morgan fingerprint density at radius 2 is 1.87 bits per heavy atom. The predicted octanol–water partition coefficient (Wildman–Crippen LogP) is 6.87. The number of ketones is 1. The van der Waals surface area contributed by atoms with Gasteiger partial charge in [0.25, 0.3) is 0 Å². The van der Waals surface area contributed by atoms with E-state index in [-0.39, 0.29) is 31.6 Å². The topological polar surface area (TPSA) is 50.2 Å². The van der Waals surface area contributed by atoms with Gasteiger partial charge in [-0.1, -0.05) is 45.9 Å². The van der Waals surface area contributed by atoms with Gasteiger partial charge < -0.3 is 10.1 Å². The number of carbonyl (C=O) groups excluding carboxylic acids is 1. The molecule has 0 bridgehead atoms. The molecule has 0 aliphatic rings. The maximum Gasteiger partial charge on any atom is 0.155 e. The van der Waals surface area contributed by atoms with Crippen molar-refractivity contribution < 1.29 is 30.0 Å². The first-order valence-electron chi connectivity index (χ1n) is 9.98. The number of fused-ring (bicyclic) bond motifs is 1.